The van der Waals surface area contributed by atoms with E-state index in [1.165, 1.54) is 12.1 Å². The molecule has 2 unspecified atom stereocenters. The highest BCUT2D eigenvalue weighted by Crippen LogP contribution is 2.49. The summed E-state index contributed by atoms with van der Waals surface area (Å²) in [5, 5.41) is 17.1. The molecule has 1 aliphatic heterocycles. The van der Waals surface area contributed by atoms with Gasteiger partial charge in [0, 0.05) is 11.0 Å². The number of para-hydroxylation sites is 1. The number of fused-ring (bicyclic) bond motifs is 1. The van der Waals surface area contributed by atoms with E-state index in [1.807, 2.05) is 0 Å². The summed E-state index contributed by atoms with van der Waals surface area (Å²) in [4.78, 5) is 37.6. The van der Waals surface area contributed by atoms with Crippen LogP contribution in [0.3, 0.4) is 0 Å². The van der Waals surface area contributed by atoms with Crippen molar-refractivity contribution in [2.24, 2.45) is 5.11 Å². The molecule has 2 aliphatic rings. The number of carbonyl (C=O) groups is 1. The number of nitrogens with zero attached hydrogens (tertiary/aromatic N) is 6. The Bertz CT molecular complexity index is 1660. The molecule has 0 amide bonds. The van der Waals surface area contributed by atoms with Crippen molar-refractivity contribution in [2.45, 2.75) is 81.8 Å². The second-order valence-corrected chi connectivity index (χ2v) is 12.6. The number of halogens is 1. The average molecular weight is 650 g/mol. The molecule has 5 rings (SSSR count). The molecule has 2 fully saturated rings. The van der Waals surface area contributed by atoms with Crippen LogP contribution in [0.15, 0.2) is 46.6 Å². The zero-order valence-corrected chi connectivity index (χ0v) is 25.1. The van der Waals surface area contributed by atoms with Gasteiger partial charge >= 0.3 is 13.7 Å². The topological polar surface area (TPSA) is 242 Å². The summed E-state index contributed by atoms with van der Waals surface area (Å²) in [6.45, 7) is 0.600. The van der Waals surface area contributed by atoms with E-state index < -0.39 is 56.2 Å². The molecule has 1 saturated carbocycles. The van der Waals surface area contributed by atoms with Gasteiger partial charge in [0.1, 0.15) is 18.0 Å². The fraction of sp³-hybridized carbons (Fsp3) is 0.538. The summed E-state index contributed by atoms with van der Waals surface area (Å²) in [6.07, 6.45) is -0.853. The largest absolute Gasteiger partial charge is 0.462 e. The van der Waals surface area contributed by atoms with Gasteiger partial charge in [-0.3, -0.25) is 23.7 Å². The number of hydrogen-bond acceptors (Lipinski definition) is 12. The molecule has 17 nitrogen and oxygen atoms in total. The number of esters is 1. The minimum atomic E-state index is -4.44. The smallest absolute Gasteiger partial charge is 0.459 e. The number of imidazole rings is 1. The van der Waals surface area contributed by atoms with Gasteiger partial charge in [0.25, 0.3) is 5.56 Å². The maximum atomic E-state index is 15.6. The van der Waals surface area contributed by atoms with Gasteiger partial charge in [-0.15, -0.1) is 0 Å². The molecule has 1 saturated heterocycles. The van der Waals surface area contributed by atoms with Crippen LogP contribution in [0.5, 0.6) is 5.75 Å². The number of hydrogen-bond donors (Lipinski definition) is 4. The molecule has 0 radical (unpaired) electrons. The maximum Gasteiger partial charge on any atom is 0.459 e. The number of carbonyl (C=O) groups excluding carboxylic acids is 1. The Hall–Kier alpha value is -4.05. The minimum absolute atomic E-state index is 0.121. The van der Waals surface area contributed by atoms with Gasteiger partial charge in [0.2, 0.25) is 11.7 Å². The Morgan fingerprint density at radius 1 is 1.38 bits per heavy atom. The van der Waals surface area contributed by atoms with E-state index in [1.54, 1.807) is 25.1 Å². The van der Waals surface area contributed by atoms with Crippen LogP contribution in [0, 0.1) is 0 Å². The number of ether oxygens (including phenoxy) is 2. The monoisotopic (exact) mass is 649 g/mol. The van der Waals surface area contributed by atoms with Crippen LogP contribution in [-0.2, 0) is 23.4 Å². The fourth-order valence-corrected chi connectivity index (χ4v) is 6.83. The normalized spacial score (nSPS) is 25.7. The zero-order chi connectivity index (χ0) is 32.2. The number of alkyl halides is 1. The zero-order valence-electron chi connectivity index (χ0n) is 24.2. The number of nitrogens with two attached hydrogens (primary N) is 1. The third kappa shape index (κ3) is 7.27. The third-order valence-electron chi connectivity index (χ3n) is 7.41. The van der Waals surface area contributed by atoms with Crippen LogP contribution >= 0.6 is 7.75 Å². The van der Waals surface area contributed by atoms with E-state index in [0.717, 1.165) is 43.0 Å². The number of rotatable bonds is 12. The standard InChI is InChI=1S/C26H33FN9O8P/c1-15(12-18(37)42-16-8-4-2-5-9-16)33-45(40,44-17-10-6-3-7-11-17)41-13-26(34-35-29)21(38)19(27)24(43-26)36-14-30-20-22(36)31-25(28)32-23(20)39/h3,6-7,10-11,14-16,19,21,24,38H,2,4-5,8-9,12-13H2,1H3,(H,33,40)(H3,28,31,32,39)/t15?,19-,21+,24-,26-,45?/m1/s1. The van der Waals surface area contributed by atoms with Gasteiger partial charge < -0.3 is 24.8 Å². The van der Waals surface area contributed by atoms with Crippen molar-refractivity contribution in [1.29, 1.82) is 0 Å². The van der Waals surface area contributed by atoms with E-state index in [-0.39, 0.29) is 35.4 Å². The Morgan fingerprint density at radius 2 is 2.11 bits per heavy atom. The van der Waals surface area contributed by atoms with Crippen molar-refractivity contribution in [3.8, 4) is 5.75 Å². The Balaban J connectivity index is 1.36. The molecule has 19 heteroatoms. The number of aliphatic hydroxyl groups is 1. The van der Waals surface area contributed by atoms with Crippen molar-refractivity contribution < 1.29 is 37.4 Å². The average Bonchev–Trinajstić information content (AvgIpc) is 3.52. The first-order chi connectivity index (χ1) is 21.5. The van der Waals surface area contributed by atoms with Crippen LogP contribution in [0.4, 0.5) is 10.3 Å². The summed E-state index contributed by atoms with van der Waals surface area (Å²) in [7, 11) is -4.44. The quantitative estimate of drug-likeness (QED) is 0.0725. The molecule has 0 bridgehead atoms. The predicted octanol–water partition coefficient (Wildman–Crippen LogP) is 3.38. The number of azide groups is 1. The number of aliphatic hydroxyl groups excluding tert-OH is 1. The lowest BCUT2D eigenvalue weighted by molar-refractivity contribution is -0.150. The lowest BCUT2D eigenvalue weighted by atomic mass is 9.98. The van der Waals surface area contributed by atoms with Crippen LogP contribution in [0.25, 0.3) is 21.6 Å². The number of anilines is 1. The summed E-state index contributed by atoms with van der Waals surface area (Å²) >= 11 is 0. The van der Waals surface area contributed by atoms with Crippen molar-refractivity contribution in [2.75, 3.05) is 12.3 Å². The number of benzene rings is 1. The van der Waals surface area contributed by atoms with Gasteiger partial charge in [-0.1, -0.05) is 29.7 Å². The van der Waals surface area contributed by atoms with Crippen molar-refractivity contribution in [1.82, 2.24) is 24.6 Å². The number of H-pyrrole nitrogens is 1. The van der Waals surface area contributed by atoms with Crippen LogP contribution < -0.4 is 20.9 Å². The second-order valence-electron chi connectivity index (χ2n) is 10.9. The van der Waals surface area contributed by atoms with Crippen LogP contribution in [0.1, 0.15) is 51.7 Å². The van der Waals surface area contributed by atoms with Gasteiger partial charge in [0.15, 0.2) is 23.6 Å². The first kappa shape index (κ1) is 32.3. The van der Waals surface area contributed by atoms with Crippen LogP contribution in [0.2, 0.25) is 0 Å². The van der Waals surface area contributed by atoms with E-state index in [4.69, 9.17) is 24.3 Å². The summed E-state index contributed by atoms with van der Waals surface area (Å²) in [5.41, 5.74) is 11.4. The number of aromatic nitrogens is 4. The number of nitrogen functional groups attached to an aromatic ring is 1. The van der Waals surface area contributed by atoms with Crippen molar-refractivity contribution in [3.05, 3.63) is 57.5 Å². The Kier molecular flexibility index (Phi) is 9.72. The third-order valence-corrected chi connectivity index (χ3v) is 9.09. The molecule has 0 spiro atoms. The van der Waals surface area contributed by atoms with Crippen molar-refractivity contribution in [3.63, 3.8) is 0 Å². The highest BCUT2D eigenvalue weighted by atomic mass is 31.2. The highest BCUT2D eigenvalue weighted by molar-refractivity contribution is 7.52. The number of nitrogens with one attached hydrogen (secondary N) is 2. The molecule has 6 atom stereocenters. The first-order valence-electron chi connectivity index (χ1n) is 14.3. The SMILES string of the molecule is CC(CC(=O)OC1CCCCC1)NP(=O)(OC[C@@]1(N=[N+]=[N-])O[C@@H](n2cnc3c(=O)[nH]c(N)nc32)[C@H](F)[C@@H]1O)Oc1ccccc1. The Morgan fingerprint density at radius 3 is 2.82 bits per heavy atom. The molecule has 1 aromatic carbocycles. The van der Waals surface area contributed by atoms with E-state index >= 15 is 4.39 Å². The molecule has 2 aromatic heterocycles. The lowest BCUT2D eigenvalue weighted by Crippen LogP contribution is -2.44. The summed E-state index contributed by atoms with van der Waals surface area (Å²) in [5.74, 6) is -0.664. The van der Waals surface area contributed by atoms with Gasteiger partial charge in [-0.2, -0.15) is 4.98 Å². The molecular weight excluding hydrogens is 616 g/mol. The molecule has 5 N–H and O–H groups in total. The molecule has 3 heterocycles. The van der Waals surface area contributed by atoms with Crippen LogP contribution in [-0.4, -0.2) is 67.3 Å². The molecule has 45 heavy (non-hydrogen) atoms. The highest BCUT2D eigenvalue weighted by Gasteiger charge is 2.57. The van der Waals surface area contributed by atoms with E-state index in [2.05, 4.69) is 30.1 Å². The molecule has 242 valence electrons. The molecule has 1 aliphatic carbocycles. The lowest BCUT2D eigenvalue weighted by Gasteiger charge is -2.30. The van der Waals surface area contributed by atoms with E-state index in [9.17, 15) is 24.8 Å². The maximum absolute atomic E-state index is 15.6. The fourth-order valence-electron chi connectivity index (χ4n) is 5.26. The minimum Gasteiger partial charge on any atom is -0.462 e. The van der Waals surface area contributed by atoms with E-state index in [0.29, 0.717) is 0 Å². The van der Waals surface area contributed by atoms with Gasteiger partial charge in [-0.05, 0) is 50.3 Å². The Labute approximate surface area is 255 Å². The van der Waals surface area contributed by atoms with Gasteiger partial charge in [0.05, 0.1) is 19.4 Å². The molecule has 3 aromatic rings. The molecular formula is C26H33FN9O8P. The van der Waals surface area contributed by atoms with Crippen molar-refractivity contribution >= 4 is 30.8 Å². The summed E-state index contributed by atoms with van der Waals surface area (Å²) < 4.78 is 53.3. The second kappa shape index (κ2) is 13.5. The summed E-state index contributed by atoms with van der Waals surface area (Å²) in [6, 6.07) is 7.15. The first-order valence-corrected chi connectivity index (χ1v) is 15.8. The van der Waals surface area contributed by atoms with Gasteiger partial charge in [-0.25, -0.2) is 19.0 Å². The predicted molar refractivity (Wildman–Crippen MR) is 156 cm³/mol. The number of aromatic amines is 1.